The van der Waals surface area contributed by atoms with Gasteiger partial charge in [-0.15, -0.1) is 0 Å². The third-order valence-corrected chi connectivity index (χ3v) is 6.81. The van der Waals surface area contributed by atoms with Crippen LogP contribution in [0.4, 0.5) is 10.2 Å². The molecule has 0 amide bonds. The molecular weight excluding hydrogens is 509 g/mol. The molecule has 158 valence electrons. The van der Waals surface area contributed by atoms with Gasteiger partial charge >= 0.3 is 0 Å². The molecule has 0 unspecified atom stereocenters. The fourth-order valence-corrected chi connectivity index (χ4v) is 4.70. The molecule has 0 saturated heterocycles. The molecular formula is C20H14BrClFN5O2S. The molecule has 3 aliphatic rings. The molecule has 5 rings (SSSR count). The van der Waals surface area contributed by atoms with E-state index < -0.39 is 0 Å². The van der Waals surface area contributed by atoms with Crippen molar-refractivity contribution in [2.24, 2.45) is 0 Å². The van der Waals surface area contributed by atoms with Gasteiger partial charge in [0, 0.05) is 20.9 Å². The Hall–Kier alpha value is -2.56. The maximum absolute atomic E-state index is 14.1. The maximum Gasteiger partial charge on any atom is 0.231 e. The Morgan fingerprint density at radius 3 is 2.81 bits per heavy atom. The molecule has 0 radical (unpaired) electrons. The molecule has 2 N–H and O–H groups in total. The molecule has 3 aliphatic heterocycles. The molecule has 11 heteroatoms. The second-order valence-corrected chi connectivity index (χ2v) is 9.03. The number of nitrogens with zero attached hydrogens (tertiary/aromatic N) is 4. The summed E-state index contributed by atoms with van der Waals surface area (Å²) >= 11 is 10.7. The van der Waals surface area contributed by atoms with Gasteiger partial charge in [0.05, 0.1) is 6.33 Å². The van der Waals surface area contributed by atoms with Crippen LogP contribution in [0.25, 0.3) is 11.5 Å². The predicted octanol–water partition coefficient (Wildman–Crippen LogP) is 5.04. The van der Waals surface area contributed by atoms with Crippen LogP contribution in [-0.4, -0.2) is 26.3 Å². The normalized spacial score (nSPS) is 12.6. The molecule has 3 heterocycles. The summed E-state index contributed by atoms with van der Waals surface area (Å²) < 4.78 is 27.6. The second kappa shape index (κ2) is 8.18. The van der Waals surface area contributed by atoms with Crippen LogP contribution in [0.15, 0.2) is 51.2 Å². The minimum absolute atomic E-state index is 0.197. The van der Waals surface area contributed by atoms with E-state index in [1.54, 1.807) is 18.5 Å². The molecule has 7 nitrogen and oxygen atoms in total. The lowest BCUT2D eigenvalue weighted by Crippen LogP contribution is -2.10. The van der Waals surface area contributed by atoms with Gasteiger partial charge in [-0.05, 0) is 63.9 Å². The van der Waals surface area contributed by atoms with Gasteiger partial charge in [0.25, 0.3) is 0 Å². The monoisotopic (exact) mass is 521 g/mol. The Morgan fingerprint density at radius 1 is 1.19 bits per heavy atom. The number of benzene rings is 2. The average Bonchev–Trinajstić information content (AvgIpc) is 3.36. The highest BCUT2D eigenvalue weighted by Crippen LogP contribution is 2.43. The summed E-state index contributed by atoms with van der Waals surface area (Å²) in [5.41, 5.74) is 7.08. The number of aromatic nitrogens is 4. The van der Waals surface area contributed by atoms with Gasteiger partial charge in [-0.25, -0.2) is 19.3 Å². The summed E-state index contributed by atoms with van der Waals surface area (Å²) in [7, 11) is 0. The van der Waals surface area contributed by atoms with Gasteiger partial charge in [0.15, 0.2) is 34.0 Å². The fraction of sp³-hybridized carbons (Fsp3) is 0.150. The van der Waals surface area contributed by atoms with Crippen molar-refractivity contribution in [3.63, 3.8) is 0 Å². The van der Waals surface area contributed by atoms with Crippen molar-refractivity contribution in [1.29, 1.82) is 0 Å². The van der Waals surface area contributed by atoms with Crippen LogP contribution in [0.5, 0.6) is 11.5 Å². The first-order chi connectivity index (χ1) is 15.0. The van der Waals surface area contributed by atoms with Gasteiger partial charge in [0.2, 0.25) is 6.79 Å². The molecule has 2 aromatic carbocycles. The summed E-state index contributed by atoms with van der Waals surface area (Å²) in [5, 5.41) is 0.879. The van der Waals surface area contributed by atoms with Crippen LogP contribution in [-0.2, 0) is 13.0 Å². The number of hydrogen-bond acceptors (Lipinski definition) is 7. The van der Waals surface area contributed by atoms with E-state index in [1.165, 1.54) is 17.8 Å². The van der Waals surface area contributed by atoms with Crippen molar-refractivity contribution in [2.75, 3.05) is 12.5 Å². The Bertz CT molecular complexity index is 1270. The van der Waals surface area contributed by atoms with E-state index in [0.29, 0.717) is 51.7 Å². The topological polar surface area (TPSA) is 88.1 Å². The molecule has 2 aromatic rings. The van der Waals surface area contributed by atoms with Gasteiger partial charge in [-0.1, -0.05) is 17.7 Å². The number of halogens is 3. The maximum atomic E-state index is 14.1. The first kappa shape index (κ1) is 20.3. The largest absolute Gasteiger partial charge is 0.454 e. The predicted molar refractivity (Wildman–Crippen MR) is 118 cm³/mol. The van der Waals surface area contributed by atoms with Gasteiger partial charge in [0.1, 0.15) is 5.82 Å². The SMILES string of the molecule is Nc1ncn(CCc2ccc(Cl)cc2F)c2nc(Sc3cc4c(cc3Br)OCO4)nc1-2. The van der Waals surface area contributed by atoms with Crippen LogP contribution >= 0.6 is 39.3 Å². The lowest BCUT2D eigenvalue weighted by atomic mass is 10.1. The first-order valence-corrected chi connectivity index (χ1v) is 11.2. The zero-order valence-electron chi connectivity index (χ0n) is 15.8. The number of nitrogen functional groups attached to an aromatic ring is 1. The number of aryl methyl sites for hydroxylation is 2. The van der Waals surface area contributed by atoms with Crippen molar-refractivity contribution >= 4 is 45.1 Å². The number of imidazole rings is 1. The highest BCUT2D eigenvalue weighted by Gasteiger charge is 2.22. The summed E-state index contributed by atoms with van der Waals surface area (Å²) in [5.74, 6) is 1.88. The first-order valence-electron chi connectivity index (χ1n) is 9.17. The van der Waals surface area contributed by atoms with Crippen LogP contribution in [0, 0.1) is 5.82 Å². The fourth-order valence-electron chi connectivity index (χ4n) is 3.18. The highest BCUT2D eigenvalue weighted by molar-refractivity contribution is 9.10. The number of anilines is 1. The standard InChI is InChI=1S/C20H14BrClFN5O2S/c21-12-6-14-15(30-9-29-14)7-16(12)31-20-26-17-18(24)25-8-28(19(17)27-20)4-3-10-1-2-11(22)5-13(10)23/h1-2,5-8H,3-4,9,24H2. The van der Waals surface area contributed by atoms with Crippen molar-refractivity contribution in [3.05, 3.63) is 57.5 Å². The van der Waals surface area contributed by atoms with Crippen molar-refractivity contribution in [2.45, 2.75) is 23.0 Å². The minimum atomic E-state index is -0.342. The number of hydrogen-bond donors (Lipinski definition) is 1. The van der Waals surface area contributed by atoms with E-state index in [-0.39, 0.29) is 18.4 Å². The van der Waals surface area contributed by atoms with Crippen molar-refractivity contribution in [1.82, 2.24) is 19.5 Å². The molecule has 0 spiro atoms. The Morgan fingerprint density at radius 2 is 2.00 bits per heavy atom. The van der Waals surface area contributed by atoms with E-state index in [0.717, 1.165) is 9.37 Å². The van der Waals surface area contributed by atoms with Crippen molar-refractivity contribution < 1.29 is 13.9 Å². The summed E-state index contributed by atoms with van der Waals surface area (Å²) in [6.45, 7) is 0.655. The van der Waals surface area contributed by atoms with Crippen LogP contribution in [0.1, 0.15) is 5.56 Å². The number of fused-ring (bicyclic) bond motifs is 2. The molecule has 0 bridgehead atoms. The molecule has 31 heavy (non-hydrogen) atoms. The van der Waals surface area contributed by atoms with Crippen molar-refractivity contribution in [3.8, 4) is 23.0 Å². The number of ether oxygens (including phenoxy) is 2. The third-order valence-electron chi connectivity index (χ3n) is 4.74. The lowest BCUT2D eigenvalue weighted by molar-refractivity contribution is 0.174. The average molecular weight is 523 g/mol. The molecule has 0 fully saturated rings. The molecule has 0 aromatic heterocycles. The highest BCUT2D eigenvalue weighted by atomic mass is 79.9. The number of rotatable bonds is 5. The van der Waals surface area contributed by atoms with E-state index in [1.807, 2.05) is 16.7 Å². The summed E-state index contributed by atoms with van der Waals surface area (Å²) in [6.07, 6.45) is 2.03. The Balaban J connectivity index is 1.43. The van der Waals surface area contributed by atoms with Gasteiger partial charge in [-0.3, -0.25) is 0 Å². The van der Waals surface area contributed by atoms with Crippen LogP contribution in [0.2, 0.25) is 5.02 Å². The van der Waals surface area contributed by atoms with Crippen LogP contribution in [0.3, 0.4) is 0 Å². The zero-order chi connectivity index (χ0) is 21.5. The summed E-state index contributed by atoms with van der Waals surface area (Å²) in [6, 6.07) is 8.37. The Labute approximate surface area is 194 Å². The molecule has 0 atom stereocenters. The van der Waals surface area contributed by atoms with E-state index in [9.17, 15) is 4.39 Å². The Kier molecular flexibility index (Phi) is 5.37. The quantitative estimate of drug-likeness (QED) is 0.393. The van der Waals surface area contributed by atoms with Gasteiger partial charge in [-0.2, -0.15) is 0 Å². The van der Waals surface area contributed by atoms with E-state index in [4.69, 9.17) is 26.8 Å². The third kappa shape index (κ3) is 4.02. The summed E-state index contributed by atoms with van der Waals surface area (Å²) in [4.78, 5) is 14.3. The lowest BCUT2D eigenvalue weighted by Gasteiger charge is -2.11. The molecule has 0 saturated carbocycles. The second-order valence-electron chi connectivity index (χ2n) is 6.73. The zero-order valence-corrected chi connectivity index (χ0v) is 19.0. The van der Waals surface area contributed by atoms with Gasteiger partial charge < -0.3 is 19.8 Å². The number of nitrogens with two attached hydrogens (primary N) is 1. The van der Waals surface area contributed by atoms with E-state index in [2.05, 4.69) is 30.9 Å². The van der Waals surface area contributed by atoms with Crippen LogP contribution < -0.4 is 15.2 Å². The van der Waals surface area contributed by atoms with E-state index >= 15 is 0 Å². The minimum Gasteiger partial charge on any atom is -0.454 e. The smallest absolute Gasteiger partial charge is 0.231 e. The molecule has 0 aliphatic carbocycles.